The number of nitrogens with zero attached hydrogens (tertiary/aromatic N) is 6. The van der Waals surface area contributed by atoms with Crippen LogP contribution >= 0.6 is 11.6 Å². The molecule has 34 heavy (non-hydrogen) atoms. The van der Waals surface area contributed by atoms with Gasteiger partial charge in [-0.25, -0.2) is 9.38 Å². The van der Waals surface area contributed by atoms with Crippen molar-refractivity contribution in [1.29, 1.82) is 0 Å². The third-order valence-electron chi connectivity index (χ3n) is 6.23. The third-order valence-corrected chi connectivity index (χ3v) is 6.48. The fourth-order valence-corrected chi connectivity index (χ4v) is 4.67. The van der Waals surface area contributed by atoms with E-state index in [1.165, 1.54) is 0 Å². The first-order chi connectivity index (χ1) is 16.6. The Balaban J connectivity index is 1.39. The third kappa shape index (κ3) is 3.38. The zero-order valence-corrected chi connectivity index (χ0v) is 19.2. The molecule has 1 aliphatic rings. The number of furan rings is 1. The number of amides is 1. The predicted octanol–water partition coefficient (Wildman–Crippen LogP) is 4.54. The normalized spacial score (nSPS) is 16.5. The summed E-state index contributed by atoms with van der Waals surface area (Å²) in [7, 11) is 0. The van der Waals surface area contributed by atoms with Crippen LogP contribution in [0.5, 0.6) is 0 Å². The van der Waals surface area contributed by atoms with Crippen LogP contribution in [0.2, 0.25) is 5.02 Å². The Labute approximate surface area is 200 Å². The molecule has 170 valence electrons. The molecular formula is C25H21ClN6O2. The van der Waals surface area contributed by atoms with E-state index in [0.717, 1.165) is 22.5 Å². The van der Waals surface area contributed by atoms with E-state index in [2.05, 4.69) is 22.0 Å². The molecule has 0 bridgehead atoms. The Morgan fingerprint density at radius 3 is 2.62 bits per heavy atom. The Kier molecular flexibility index (Phi) is 4.95. The maximum absolute atomic E-state index is 13.1. The largest absolute Gasteiger partial charge is 0.461 e. The van der Waals surface area contributed by atoms with Gasteiger partial charge in [-0.2, -0.15) is 0 Å². The maximum Gasteiger partial charge on any atom is 0.254 e. The summed E-state index contributed by atoms with van der Waals surface area (Å²) in [5.41, 5.74) is 2.20. The van der Waals surface area contributed by atoms with Crippen molar-refractivity contribution in [2.75, 3.05) is 24.5 Å². The molecule has 0 radical (unpaired) electrons. The molecule has 1 saturated heterocycles. The van der Waals surface area contributed by atoms with E-state index in [0.29, 0.717) is 41.8 Å². The highest BCUT2D eigenvalue weighted by atomic mass is 35.5. The number of rotatable bonds is 3. The van der Waals surface area contributed by atoms with E-state index in [-0.39, 0.29) is 11.9 Å². The molecule has 0 saturated carbocycles. The first kappa shape index (κ1) is 20.7. The number of piperazine rings is 1. The number of hydrogen-bond acceptors (Lipinski definition) is 6. The summed E-state index contributed by atoms with van der Waals surface area (Å²) < 4.78 is 7.58. The average molecular weight is 473 g/mol. The van der Waals surface area contributed by atoms with Crippen molar-refractivity contribution in [2.45, 2.75) is 13.0 Å². The zero-order chi connectivity index (χ0) is 23.2. The van der Waals surface area contributed by atoms with Gasteiger partial charge in [-0.3, -0.25) is 4.79 Å². The highest BCUT2D eigenvalue weighted by Gasteiger charge is 2.31. The first-order valence-electron chi connectivity index (χ1n) is 11.1. The minimum atomic E-state index is -0.0243. The summed E-state index contributed by atoms with van der Waals surface area (Å²) in [5.74, 6) is 1.95. The topological polar surface area (TPSA) is 79.8 Å². The molecule has 0 N–H and O–H groups in total. The number of hydrogen-bond donors (Lipinski definition) is 0. The minimum absolute atomic E-state index is 0.000932. The smallest absolute Gasteiger partial charge is 0.254 e. The molecular weight excluding hydrogens is 452 g/mol. The van der Waals surface area contributed by atoms with E-state index in [1.807, 2.05) is 45.7 Å². The van der Waals surface area contributed by atoms with Gasteiger partial charge in [0.15, 0.2) is 11.4 Å². The second-order valence-electron chi connectivity index (χ2n) is 8.39. The van der Waals surface area contributed by atoms with Crippen molar-refractivity contribution in [3.8, 4) is 11.6 Å². The molecule has 2 aromatic carbocycles. The Bertz CT molecular complexity index is 1500. The quantitative estimate of drug-likeness (QED) is 0.383. The van der Waals surface area contributed by atoms with Crippen LogP contribution in [-0.2, 0) is 0 Å². The predicted molar refractivity (Wildman–Crippen MR) is 130 cm³/mol. The van der Waals surface area contributed by atoms with Crippen molar-refractivity contribution in [3.05, 3.63) is 77.5 Å². The van der Waals surface area contributed by atoms with Crippen LogP contribution in [0.3, 0.4) is 0 Å². The van der Waals surface area contributed by atoms with Crippen molar-refractivity contribution in [1.82, 2.24) is 24.5 Å². The summed E-state index contributed by atoms with van der Waals surface area (Å²) in [5, 5.41) is 10.4. The number of carbonyl (C=O) groups is 1. The van der Waals surface area contributed by atoms with E-state index in [1.54, 1.807) is 30.5 Å². The fraction of sp³-hybridized carbons (Fsp3) is 0.200. The molecule has 1 atom stereocenters. The molecule has 1 aliphatic heterocycles. The van der Waals surface area contributed by atoms with Gasteiger partial charge in [0.05, 0.1) is 11.8 Å². The van der Waals surface area contributed by atoms with Crippen LogP contribution in [0.4, 0.5) is 5.95 Å². The van der Waals surface area contributed by atoms with Crippen LogP contribution in [0, 0.1) is 0 Å². The van der Waals surface area contributed by atoms with Gasteiger partial charge < -0.3 is 14.2 Å². The number of anilines is 1. The van der Waals surface area contributed by atoms with Crippen LogP contribution in [0.15, 0.2) is 71.3 Å². The molecule has 8 nitrogen and oxygen atoms in total. The summed E-state index contributed by atoms with van der Waals surface area (Å²) in [6.45, 7) is 3.87. The van der Waals surface area contributed by atoms with Crippen molar-refractivity contribution < 1.29 is 9.21 Å². The average Bonchev–Trinajstić information content (AvgIpc) is 3.54. The lowest BCUT2D eigenvalue weighted by Gasteiger charge is -2.40. The number of para-hydroxylation sites is 1. The van der Waals surface area contributed by atoms with Gasteiger partial charge >= 0.3 is 0 Å². The maximum atomic E-state index is 13.1. The second-order valence-corrected chi connectivity index (χ2v) is 8.83. The molecule has 5 aromatic rings. The molecule has 1 unspecified atom stereocenters. The van der Waals surface area contributed by atoms with E-state index in [9.17, 15) is 4.79 Å². The zero-order valence-electron chi connectivity index (χ0n) is 18.4. The number of halogens is 1. The van der Waals surface area contributed by atoms with Gasteiger partial charge in [0.1, 0.15) is 0 Å². The van der Waals surface area contributed by atoms with Crippen molar-refractivity contribution in [3.63, 3.8) is 0 Å². The van der Waals surface area contributed by atoms with Gasteiger partial charge in [-0.1, -0.05) is 23.7 Å². The van der Waals surface area contributed by atoms with Crippen molar-refractivity contribution in [2.24, 2.45) is 0 Å². The van der Waals surface area contributed by atoms with Crippen LogP contribution in [0.25, 0.3) is 28.1 Å². The molecule has 9 heteroatoms. The monoisotopic (exact) mass is 472 g/mol. The van der Waals surface area contributed by atoms with E-state index in [4.69, 9.17) is 21.0 Å². The molecule has 0 aliphatic carbocycles. The highest BCUT2D eigenvalue weighted by Crippen LogP contribution is 2.30. The molecule has 1 amide bonds. The standard InChI is InChI=1S/C25H21ClN6O2/c1-16-15-30(12-13-31(16)24(33)17-8-10-18(26)11-9-17)25-27-20-6-3-2-5-19(20)22-28-29-23(32(22)25)21-7-4-14-34-21/h2-11,14,16H,12-13,15H2,1H3. The van der Waals surface area contributed by atoms with Gasteiger partial charge in [0, 0.05) is 41.6 Å². The molecule has 0 spiro atoms. The van der Waals surface area contributed by atoms with Crippen molar-refractivity contribution >= 4 is 40.0 Å². The second kappa shape index (κ2) is 8.14. The lowest BCUT2D eigenvalue weighted by atomic mass is 10.1. The minimum Gasteiger partial charge on any atom is -0.461 e. The highest BCUT2D eigenvalue weighted by molar-refractivity contribution is 6.30. The van der Waals surface area contributed by atoms with E-state index >= 15 is 0 Å². The lowest BCUT2D eigenvalue weighted by Crippen LogP contribution is -2.54. The van der Waals surface area contributed by atoms with Gasteiger partial charge in [-0.05, 0) is 55.5 Å². The summed E-state index contributed by atoms with van der Waals surface area (Å²) >= 11 is 5.99. The Morgan fingerprint density at radius 2 is 1.85 bits per heavy atom. The summed E-state index contributed by atoms with van der Waals surface area (Å²) in [6.07, 6.45) is 1.62. The lowest BCUT2D eigenvalue weighted by molar-refractivity contribution is 0.0673. The number of fused-ring (bicyclic) bond motifs is 3. The molecule has 6 rings (SSSR count). The Morgan fingerprint density at radius 1 is 1.03 bits per heavy atom. The number of benzene rings is 2. The summed E-state index contributed by atoms with van der Waals surface area (Å²) in [6, 6.07) is 18.6. The molecule has 4 heterocycles. The molecule has 3 aromatic heterocycles. The fourth-order valence-electron chi connectivity index (χ4n) is 4.54. The Hall–Kier alpha value is -3.91. The number of aromatic nitrogens is 4. The molecule has 1 fully saturated rings. The number of carbonyl (C=O) groups excluding carboxylic acids is 1. The van der Waals surface area contributed by atoms with Crippen LogP contribution < -0.4 is 4.90 Å². The van der Waals surface area contributed by atoms with Crippen LogP contribution in [-0.4, -0.2) is 56.1 Å². The summed E-state index contributed by atoms with van der Waals surface area (Å²) in [4.78, 5) is 22.2. The first-order valence-corrected chi connectivity index (χ1v) is 11.5. The van der Waals surface area contributed by atoms with Crippen LogP contribution in [0.1, 0.15) is 17.3 Å². The SMILES string of the molecule is CC1CN(c2nc3ccccc3c3nnc(-c4ccco4)n23)CCN1C(=O)c1ccc(Cl)cc1. The van der Waals surface area contributed by atoms with Gasteiger partial charge in [0.2, 0.25) is 11.8 Å². The van der Waals surface area contributed by atoms with Gasteiger partial charge in [0.25, 0.3) is 5.91 Å². The van der Waals surface area contributed by atoms with E-state index < -0.39 is 0 Å². The van der Waals surface area contributed by atoms with Gasteiger partial charge in [-0.15, -0.1) is 10.2 Å².